The topological polar surface area (TPSA) is 29.5 Å². The monoisotopic (exact) mass is 146 g/mol. The summed E-state index contributed by atoms with van der Waals surface area (Å²) in [5.74, 6) is 0. The van der Waals surface area contributed by atoms with Crippen molar-refractivity contribution in [2.24, 2.45) is 0 Å². The van der Waals surface area contributed by atoms with Crippen LogP contribution in [0.3, 0.4) is 0 Å². The largest absolute Gasteiger partial charge is 0.390 e. The molecule has 0 aromatic rings. The van der Waals surface area contributed by atoms with E-state index in [1.807, 2.05) is 13.8 Å². The van der Waals surface area contributed by atoms with Crippen molar-refractivity contribution in [3.05, 3.63) is 0 Å². The number of aliphatic hydroxyl groups excluding tert-OH is 1. The SMILES string of the molecule is CCC[C@@H](O)C(C)OCC. The molecule has 0 aliphatic carbocycles. The van der Waals surface area contributed by atoms with E-state index in [4.69, 9.17) is 4.74 Å². The molecule has 0 radical (unpaired) electrons. The number of aliphatic hydroxyl groups is 1. The molecule has 0 aromatic carbocycles. The van der Waals surface area contributed by atoms with Crippen LogP contribution in [0.25, 0.3) is 0 Å². The van der Waals surface area contributed by atoms with Gasteiger partial charge in [0.05, 0.1) is 12.2 Å². The molecular formula is C8H18O2. The lowest BCUT2D eigenvalue weighted by Crippen LogP contribution is -2.25. The Balaban J connectivity index is 3.38. The Bertz CT molecular complexity index is 63.7. The molecule has 0 amide bonds. The van der Waals surface area contributed by atoms with Gasteiger partial charge in [0.1, 0.15) is 0 Å². The third-order valence-corrected chi connectivity index (χ3v) is 1.56. The first-order valence-corrected chi connectivity index (χ1v) is 4.02. The number of hydrogen-bond donors (Lipinski definition) is 1. The summed E-state index contributed by atoms with van der Waals surface area (Å²) in [7, 11) is 0. The van der Waals surface area contributed by atoms with Crippen LogP contribution in [0.15, 0.2) is 0 Å². The van der Waals surface area contributed by atoms with Gasteiger partial charge in [0.25, 0.3) is 0 Å². The summed E-state index contributed by atoms with van der Waals surface area (Å²) in [6.45, 7) is 6.59. The highest BCUT2D eigenvalue weighted by Crippen LogP contribution is 2.04. The van der Waals surface area contributed by atoms with Crippen molar-refractivity contribution in [2.45, 2.75) is 45.8 Å². The van der Waals surface area contributed by atoms with Gasteiger partial charge in [0, 0.05) is 6.61 Å². The maximum Gasteiger partial charge on any atom is 0.0805 e. The Kier molecular flexibility index (Phi) is 5.64. The predicted molar refractivity (Wildman–Crippen MR) is 42.0 cm³/mol. The average molecular weight is 146 g/mol. The lowest BCUT2D eigenvalue weighted by molar-refractivity contribution is -0.0249. The molecule has 1 unspecified atom stereocenters. The zero-order chi connectivity index (χ0) is 7.98. The van der Waals surface area contributed by atoms with Crippen molar-refractivity contribution >= 4 is 0 Å². The lowest BCUT2D eigenvalue weighted by Gasteiger charge is -2.17. The molecule has 0 saturated heterocycles. The molecule has 2 atom stereocenters. The number of ether oxygens (including phenoxy) is 1. The molecule has 0 bridgehead atoms. The third kappa shape index (κ3) is 3.85. The van der Waals surface area contributed by atoms with Gasteiger partial charge >= 0.3 is 0 Å². The molecule has 1 N–H and O–H groups in total. The smallest absolute Gasteiger partial charge is 0.0805 e. The van der Waals surface area contributed by atoms with Crippen molar-refractivity contribution in [1.29, 1.82) is 0 Å². The van der Waals surface area contributed by atoms with Gasteiger partial charge in [-0.1, -0.05) is 13.3 Å². The highest BCUT2D eigenvalue weighted by molar-refractivity contribution is 4.62. The molecule has 0 rings (SSSR count). The number of hydrogen-bond acceptors (Lipinski definition) is 2. The van der Waals surface area contributed by atoms with Crippen molar-refractivity contribution in [3.63, 3.8) is 0 Å². The maximum absolute atomic E-state index is 9.32. The van der Waals surface area contributed by atoms with Crippen LogP contribution in [-0.2, 0) is 4.74 Å². The van der Waals surface area contributed by atoms with E-state index in [-0.39, 0.29) is 12.2 Å². The quantitative estimate of drug-likeness (QED) is 0.638. The van der Waals surface area contributed by atoms with E-state index in [0.717, 1.165) is 12.8 Å². The van der Waals surface area contributed by atoms with Gasteiger partial charge in [0.2, 0.25) is 0 Å². The van der Waals surface area contributed by atoms with Gasteiger partial charge in [-0.05, 0) is 20.3 Å². The summed E-state index contributed by atoms with van der Waals surface area (Å²) in [6.07, 6.45) is 1.55. The zero-order valence-electron chi connectivity index (χ0n) is 7.13. The first-order chi connectivity index (χ1) is 4.72. The van der Waals surface area contributed by atoms with Gasteiger partial charge in [-0.25, -0.2) is 0 Å². The maximum atomic E-state index is 9.32. The van der Waals surface area contributed by atoms with Crippen LogP contribution >= 0.6 is 0 Å². The summed E-state index contributed by atoms with van der Waals surface area (Å²) < 4.78 is 5.21. The van der Waals surface area contributed by atoms with E-state index in [2.05, 4.69) is 6.92 Å². The first kappa shape index (κ1) is 9.92. The van der Waals surface area contributed by atoms with E-state index in [0.29, 0.717) is 6.61 Å². The second-order valence-electron chi connectivity index (χ2n) is 2.52. The van der Waals surface area contributed by atoms with Gasteiger partial charge in [-0.15, -0.1) is 0 Å². The van der Waals surface area contributed by atoms with Crippen LogP contribution in [0.5, 0.6) is 0 Å². The van der Waals surface area contributed by atoms with Crippen LogP contribution in [0, 0.1) is 0 Å². The molecule has 0 aromatic heterocycles. The molecule has 2 heteroatoms. The average Bonchev–Trinajstić information content (AvgIpc) is 1.89. The second-order valence-corrected chi connectivity index (χ2v) is 2.52. The molecule has 0 aliphatic heterocycles. The molecule has 10 heavy (non-hydrogen) atoms. The third-order valence-electron chi connectivity index (χ3n) is 1.56. The minimum absolute atomic E-state index is 0.00931. The van der Waals surface area contributed by atoms with Crippen LogP contribution in [-0.4, -0.2) is 23.9 Å². The molecule has 0 saturated carbocycles. The van der Waals surface area contributed by atoms with Crippen LogP contribution in [0.4, 0.5) is 0 Å². The summed E-state index contributed by atoms with van der Waals surface area (Å²) in [5, 5.41) is 9.32. The van der Waals surface area contributed by atoms with Gasteiger partial charge in [0.15, 0.2) is 0 Å². The fourth-order valence-corrected chi connectivity index (χ4v) is 0.904. The minimum Gasteiger partial charge on any atom is -0.390 e. The Morgan fingerprint density at radius 3 is 2.40 bits per heavy atom. The van der Waals surface area contributed by atoms with Crippen molar-refractivity contribution in [2.75, 3.05) is 6.61 Å². The Morgan fingerprint density at radius 1 is 1.40 bits per heavy atom. The molecule has 0 fully saturated rings. The fourth-order valence-electron chi connectivity index (χ4n) is 0.904. The summed E-state index contributed by atoms with van der Waals surface area (Å²) in [6, 6.07) is 0. The normalized spacial score (nSPS) is 16.8. The zero-order valence-corrected chi connectivity index (χ0v) is 7.13. The van der Waals surface area contributed by atoms with Gasteiger partial charge in [-0.2, -0.15) is 0 Å². The Labute approximate surface area is 63.2 Å². The molecule has 2 nitrogen and oxygen atoms in total. The van der Waals surface area contributed by atoms with E-state index in [1.54, 1.807) is 0 Å². The molecule has 0 heterocycles. The summed E-state index contributed by atoms with van der Waals surface area (Å²) in [5.41, 5.74) is 0. The number of rotatable bonds is 5. The Morgan fingerprint density at radius 2 is 2.00 bits per heavy atom. The van der Waals surface area contributed by atoms with Crippen LogP contribution < -0.4 is 0 Å². The van der Waals surface area contributed by atoms with E-state index >= 15 is 0 Å². The summed E-state index contributed by atoms with van der Waals surface area (Å²) in [4.78, 5) is 0. The van der Waals surface area contributed by atoms with E-state index in [9.17, 15) is 5.11 Å². The van der Waals surface area contributed by atoms with Crippen LogP contribution in [0.2, 0.25) is 0 Å². The molecule has 0 aliphatic rings. The van der Waals surface area contributed by atoms with Crippen molar-refractivity contribution in [1.82, 2.24) is 0 Å². The predicted octanol–water partition coefficient (Wildman–Crippen LogP) is 1.57. The Hall–Kier alpha value is -0.0800. The minimum atomic E-state index is -0.287. The van der Waals surface area contributed by atoms with Gasteiger partial charge < -0.3 is 9.84 Å². The van der Waals surface area contributed by atoms with E-state index < -0.39 is 0 Å². The molecule has 0 spiro atoms. The van der Waals surface area contributed by atoms with E-state index in [1.165, 1.54) is 0 Å². The summed E-state index contributed by atoms with van der Waals surface area (Å²) >= 11 is 0. The lowest BCUT2D eigenvalue weighted by atomic mass is 10.1. The highest BCUT2D eigenvalue weighted by atomic mass is 16.5. The van der Waals surface area contributed by atoms with Gasteiger partial charge in [-0.3, -0.25) is 0 Å². The van der Waals surface area contributed by atoms with Crippen molar-refractivity contribution in [3.8, 4) is 0 Å². The standard InChI is InChI=1S/C8H18O2/c1-4-6-8(9)7(3)10-5-2/h7-9H,4-6H2,1-3H3/t7?,8-/m1/s1. The van der Waals surface area contributed by atoms with Crippen LogP contribution in [0.1, 0.15) is 33.6 Å². The highest BCUT2D eigenvalue weighted by Gasteiger charge is 2.11. The molecule has 62 valence electrons. The second kappa shape index (κ2) is 5.69. The first-order valence-electron chi connectivity index (χ1n) is 4.02. The molecular weight excluding hydrogens is 128 g/mol. The fraction of sp³-hybridized carbons (Fsp3) is 1.00. The van der Waals surface area contributed by atoms with Crippen molar-refractivity contribution < 1.29 is 9.84 Å².